The maximum absolute atomic E-state index is 12.5. The Morgan fingerprint density at radius 2 is 1.75 bits per heavy atom. The van der Waals surface area contributed by atoms with Crippen LogP contribution in [0.4, 0.5) is 4.79 Å². The number of rotatable bonds is 5. The average molecular weight is 280 g/mol. The van der Waals surface area contributed by atoms with E-state index in [-0.39, 0.29) is 6.03 Å². The fraction of sp³-hybridized carbons (Fsp3) is 0.867. The third kappa shape index (κ3) is 2.91. The van der Waals surface area contributed by atoms with Crippen molar-refractivity contribution in [2.75, 3.05) is 6.54 Å². The van der Waals surface area contributed by atoms with E-state index in [1.54, 1.807) is 0 Å². The van der Waals surface area contributed by atoms with E-state index in [1.165, 1.54) is 12.8 Å². The van der Waals surface area contributed by atoms with Crippen LogP contribution in [0, 0.1) is 5.92 Å². The Kier molecular flexibility index (Phi) is 3.61. The zero-order valence-corrected chi connectivity index (χ0v) is 11.9. The lowest BCUT2D eigenvalue weighted by Crippen LogP contribution is -2.59. The third-order valence-electron chi connectivity index (χ3n) is 4.86. The molecule has 112 valence electrons. The largest absolute Gasteiger partial charge is 0.480 e. The summed E-state index contributed by atoms with van der Waals surface area (Å²) >= 11 is 0. The van der Waals surface area contributed by atoms with Crippen molar-refractivity contribution >= 4 is 12.0 Å². The van der Waals surface area contributed by atoms with E-state index < -0.39 is 11.5 Å². The number of hydrogen-bond donors (Lipinski definition) is 2. The van der Waals surface area contributed by atoms with E-state index in [0.29, 0.717) is 24.8 Å². The second-order valence-corrected chi connectivity index (χ2v) is 6.70. The topological polar surface area (TPSA) is 69.6 Å². The van der Waals surface area contributed by atoms with E-state index in [4.69, 9.17) is 0 Å². The van der Waals surface area contributed by atoms with Gasteiger partial charge in [-0.15, -0.1) is 0 Å². The number of carboxylic acids is 1. The predicted octanol–water partition coefficient (Wildman–Crippen LogP) is 2.36. The quantitative estimate of drug-likeness (QED) is 0.812. The van der Waals surface area contributed by atoms with Crippen LogP contribution in [0.3, 0.4) is 0 Å². The first-order valence-electron chi connectivity index (χ1n) is 7.93. The average Bonchev–Trinajstić information content (AvgIpc) is 3.29. The van der Waals surface area contributed by atoms with Gasteiger partial charge in [0.05, 0.1) is 0 Å². The van der Waals surface area contributed by atoms with E-state index in [0.717, 1.165) is 38.6 Å². The van der Waals surface area contributed by atoms with Crippen LogP contribution in [0.15, 0.2) is 0 Å². The van der Waals surface area contributed by atoms with Gasteiger partial charge in [0, 0.05) is 12.6 Å². The number of carboxylic acid groups (broad SMARTS) is 1. The fourth-order valence-electron chi connectivity index (χ4n) is 3.19. The minimum Gasteiger partial charge on any atom is -0.480 e. The van der Waals surface area contributed by atoms with Crippen LogP contribution in [0.25, 0.3) is 0 Å². The lowest BCUT2D eigenvalue weighted by molar-refractivity contribution is -0.146. The first-order valence-corrected chi connectivity index (χ1v) is 7.93. The summed E-state index contributed by atoms with van der Waals surface area (Å²) in [6.07, 6.45) is 8.53. The van der Waals surface area contributed by atoms with Crippen molar-refractivity contribution in [3.63, 3.8) is 0 Å². The molecule has 3 saturated carbocycles. The first-order chi connectivity index (χ1) is 9.61. The molecule has 0 saturated heterocycles. The van der Waals surface area contributed by atoms with Crippen LogP contribution in [0.1, 0.15) is 57.8 Å². The Bertz CT molecular complexity index is 396. The van der Waals surface area contributed by atoms with Crippen LogP contribution in [-0.2, 0) is 4.79 Å². The zero-order chi connectivity index (χ0) is 14.2. The number of nitrogens with one attached hydrogen (secondary N) is 1. The Hall–Kier alpha value is -1.26. The number of nitrogens with zero attached hydrogens (tertiary/aromatic N) is 1. The van der Waals surface area contributed by atoms with Crippen LogP contribution < -0.4 is 5.32 Å². The molecule has 0 aromatic heterocycles. The fourth-order valence-corrected chi connectivity index (χ4v) is 3.19. The van der Waals surface area contributed by atoms with Crippen molar-refractivity contribution in [1.82, 2.24) is 10.2 Å². The first kappa shape index (κ1) is 13.7. The minimum absolute atomic E-state index is 0.149. The molecule has 0 radical (unpaired) electrons. The molecule has 0 bridgehead atoms. The molecule has 5 nitrogen and oxygen atoms in total. The number of urea groups is 1. The SMILES string of the molecule is O=C(NC1(C(=O)O)CCCCC1)N(CC1CC1)C1CC1. The normalized spacial score (nSPS) is 25.0. The molecule has 0 heterocycles. The molecule has 2 N–H and O–H groups in total. The van der Waals surface area contributed by atoms with Crippen LogP contribution in [-0.4, -0.2) is 40.1 Å². The lowest BCUT2D eigenvalue weighted by Gasteiger charge is -2.36. The van der Waals surface area contributed by atoms with Crippen molar-refractivity contribution in [2.45, 2.75) is 69.4 Å². The van der Waals surface area contributed by atoms with E-state index in [1.807, 2.05) is 4.90 Å². The summed E-state index contributed by atoms with van der Waals surface area (Å²) in [5.41, 5.74) is -1.02. The Balaban J connectivity index is 1.66. The van der Waals surface area contributed by atoms with Gasteiger partial charge in [0.2, 0.25) is 0 Å². The molecule has 3 aliphatic carbocycles. The maximum atomic E-state index is 12.5. The van der Waals surface area contributed by atoms with Gasteiger partial charge in [0.15, 0.2) is 0 Å². The highest BCUT2D eigenvalue weighted by Crippen LogP contribution is 2.35. The van der Waals surface area contributed by atoms with Crippen LogP contribution >= 0.6 is 0 Å². The molecule has 0 aliphatic heterocycles. The monoisotopic (exact) mass is 280 g/mol. The summed E-state index contributed by atoms with van der Waals surface area (Å²) in [5, 5.41) is 12.4. The highest BCUT2D eigenvalue weighted by molar-refractivity contribution is 5.86. The van der Waals surface area contributed by atoms with Gasteiger partial charge in [-0.1, -0.05) is 19.3 Å². The van der Waals surface area contributed by atoms with Crippen molar-refractivity contribution in [1.29, 1.82) is 0 Å². The van der Waals surface area contributed by atoms with Crippen molar-refractivity contribution in [3.05, 3.63) is 0 Å². The number of carbonyl (C=O) groups is 2. The summed E-state index contributed by atoms with van der Waals surface area (Å²) in [5.74, 6) is -0.221. The van der Waals surface area contributed by atoms with E-state index in [2.05, 4.69) is 5.32 Å². The number of carbonyl (C=O) groups excluding carboxylic acids is 1. The zero-order valence-electron chi connectivity index (χ0n) is 11.9. The van der Waals surface area contributed by atoms with Gasteiger partial charge in [0.1, 0.15) is 5.54 Å². The Labute approximate surface area is 119 Å². The molecule has 3 fully saturated rings. The molecule has 5 heteroatoms. The molecule has 0 aromatic rings. The third-order valence-corrected chi connectivity index (χ3v) is 4.86. The predicted molar refractivity (Wildman–Crippen MR) is 74.4 cm³/mol. The van der Waals surface area contributed by atoms with Crippen molar-refractivity contribution < 1.29 is 14.7 Å². The molecule has 3 aliphatic rings. The van der Waals surface area contributed by atoms with Gasteiger partial charge in [-0.05, 0) is 44.4 Å². The van der Waals surface area contributed by atoms with Crippen LogP contribution in [0.5, 0.6) is 0 Å². The summed E-state index contributed by atoms with van der Waals surface area (Å²) in [6.45, 7) is 0.812. The summed E-state index contributed by atoms with van der Waals surface area (Å²) in [7, 11) is 0. The van der Waals surface area contributed by atoms with Crippen LogP contribution in [0.2, 0.25) is 0 Å². The van der Waals surface area contributed by atoms with Crippen molar-refractivity contribution in [2.24, 2.45) is 5.92 Å². The highest BCUT2D eigenvalue weighted by atomic mass is 16.4. The molecular weight excluding hydrogens is 256 g/mol. The number of amides is 2. The van der Waals surface area contributed by atoms with Gasteiger partial charge in [-0.2, -0.15) is 0 Å². The molecular formula is C15H24N2O3. The molecule has 3 rings (SSSR count). The second-order valence-electron chi connectivity index (χ2n) is 6.70. The van der Waals surface area contributed by atoms with Gasteiger partial charge in [0.25, 0.3) is 0 Å². The molecule has 0 aromatic carbocycles. The van der Waals surface area contributed by atoms with E-state index in [9.17, 15) is 14.7 Å². The second kappa shape index (κ2) is 5.26. The molecule has 0 atom stereocenters. The molecule has 0 unspecified atom stereocenters. The smallest absolute Gasteiger partial charge is 0.329 e. The van der Waals surface area contributed by atoms with Gasteiger partial charge < -0.3 is 15.3 Å². The Morgan fingerprint density at radius 1 is 1.10 bits per heavy atom. The van der Waals surface area contributed by atoms with Gasteiger partial charge in [-0.25, -0.2) is 9.59 Å². The van der Waals surface area contributed by atoms with Gasteiger partial charge >= 0.3 is 12.0 Å². The molecule has 2 amide bonds. The Morgan fingerprint density at radius 3 is 2.25 bits per heavy atom. The summed E-state index contributed by atoms with van der Waals surface area (Å²) in [4.78, 5) is 26.0. The maximum Gasteiger partial charge on any atom is 0.329 e. The minimum atomic E-state index is -1.02. The summed E-state index contributed by atoms with van der Waals surface area (Å²) in [6, 6.07) is 0.203. The molecule has 0 spiro atoms. The summed E-state index contributed by atoms with van der Waals surface area (Å²) < 4.78 is 0. The number of hydrogen-bond acceptors (Lipinski definition) is 2. The standard InChI is InChI=1S/C15H24N2O3/c18-13(19)15(8-2-1-3-9-15)16-14(20)17(12-6-7-12)10-11-4-5-11/h11-12H,1-10H2,(H,16,20)(H,18,19). The lowest BCUT2D eigenvalue weighted by atomic mass is 9.82. The number of aliphatic carboxylic acids is 1. The van der Waals surface area contributed by atoms with Gasteiger partial charge in [-0.3, -0.25) is 0 Å². The van der Waals surface area contributed by atoms with Crippen molar-refractivity contribution in [3.8, 4) is 0 Å². The highest BCUT2D eigenvalue weighted by Gasteiger charge is 2.44. The molecule has 20 heavy (non-hydrogen) atoms. The van der Waals surface area contributed by atoms with E-state index >= 15 is 0 Å².